The van der Waals surface area contributed by atoms with E-state index in [0.29, 0.717) is 21.5 Å². The molecule has 0 amide bonds. The highest BCUT2D eigenvalue weighted by molar-refractivity contribution is 6.35. The van der Waals surface area contributed by atoms with Gasteiger partial charge in [-0.1, -0.05) is 17.7 Å². The van der Waals surface area contributed by atoms with Crippen LogP contribution in [-0.2, 0) is 11.2 Å². The lowest BCUT2D eigenvalue weighted by Crippen LogP contribution is -2.32. The molecule has 96 valence electrons. The maximum atomic E-state index is 10.8. The summed E-state index contributed by atoms with van der Waals surface area (Å²) in [6, 6.07) is 2.49. The molecule has 1 aromatic carbocycles. The maximum absolute atomic E-state index is 10.8. The van der Waals surface area contributed by atoms with Crippen LogP contribution in [0.1, 0.15) is 11.1 Å². The standard InChI is InChI=1S/C12H13ClN2O3/c1-6-2-3-8(13)10-7(4-9(14)12(16)17)5-15(18)11(6)10/h2-3,5,9,18H,4,14H2,1H3,(H,16,17). The quantitative estimate of drug-likeness (QED) is 0.741. The van der Waals surface area contributed by atoms with Crippen molar-refractivity contribution in [3.8, 4) is 0 Å². The summed E-state index contributed by atoms with van der Waals surface area (Å²) in [4.78, 5) is 10.8. The normalized spacial score (nSPS) is 12.8. The first-order chi connectivity index (χ1) is 8.41. The highest BCUT2D eigenvalue weighted by Crippen LogP contribution is 2.31. The zero-order valence-corrected chi connectivity index (χ0v) is 10.5. The number of nitrogens with zero attached hydrogens (tertiary/aromatic N) is 1. The third-order valence-electron chi connectivity index (χ3n) is 2.91. The summed E-state index contributed by atoms with van der Waals surface area (Å²) < 4.78 is 0.959. The number of aliphatic carboxylic acids is 1. The molecule has 6 heteroatoms. The second-order valence-corrected chi connectivity index (χ2v) is 4.64. The van der Waals surface area contributed by atoms with E-state index < -0.39 is 12.0 Å². The van der Waals surface area contributed by atoms with Crippen molar-refractivity contribution in [2.45, 2.75) is 19.4 Å². The summed E-state index contributed by atoms with van der Waals surface area (Å²) in [6.45, 7) is 1.84. The fraction of sp³-hybridized carbons (Fsp3) is 0.250. The summed E-state index contributed by atoms with van der Waals surface area (Å²) in [7, 11) is 0. The fourth-order valence-corrected chi connectivity index (χ4v) is 2.30. The molecule has 2 aromatic rings. The van der Waals surface area contributed by atoms with Gasteiger partial charge in [0.25, 0.3) is 0 Å². The van der Waals surface area contributed by atoms with Gasteiger partial charge in [-0.25, -0.2) is 0 Å². The van der Waals surface area contributed by atoms with Crippen LogP contribution in [0.25, 0.3) is 10.9 Å². The average molecular weight is 269 g/mol. The van der Waals surface area contributed by atoms with Crippen molar-refractivity contribution in [3.63, 3.8) is 0 Å². The van der Waals surface area contributed by atoms with Gasteiger partial charge in [0.05, 0.1) is 10.5 Å². The van der Waals surface area contributed by atoms with Crippen LogP contribution in [0.15, 0.2) is 18.3 Å². The largest absolute Gasteiger partial charge is 0.480 e. The molecule has 0 radical (unpaired) electrons. The molecule has 0 aliphatic heterocycles. The average Bonchev–Trinajstić information content (AvgIpc) is 2.62. The predicted octanol–water partition coefficient (Wildman–Crippen LogP) is 1.79. The lowest BCUT2D eigenvalue weighted by Gasteiger charge is -2.06. The predicted molar refractivity (Wildman–Crippen MR) is 68.2 cm³/mol. The minimum atomic E-state index is -1.09. The molecule has 0 spiro atoms. The van der Waals surface area contributed by atoms with Crippen molar-refractivity contribution in [2.75, 3.05) is 0 Å². The monoisotopic (exact) mass is 268 g/mol. The van der Waals surface area contributed by atoms with E-state index in [0.717, 1.165) is 10.3 Å². The number of rotatable bonds is 3. The second-order valence-electron chi connectivity index (χ2n) is 4.24. The van der Waals surface area contributed by atoms with Gasteiger partial charge in [-0.2, -0.15) is 4.73 Å². The van der Waals surface area contributed by atoms with Crippen LogP contribution in [0.4, 0.5) is 0 Å². The molecule has 0 fully saturated rings. The molecule has 18 heavy (non-hydrogen) atoms. The molecular formula is C12H13ClN2O3. The van der Waals surface area contributed by atoms with Crippen molar-refractivity contribution in [2.24, 2.45) is 5.73 Å². The molecule has 4 N–H and O–H groups in total. The SMILES string of the molecule is Cc1ccc(Cl)c2c(CC(N)C(=O)O)cn(O)c12. The Labute approximate surface area is 108 Å². The molecule has 2 rings (SSSR count). The Kier molecular flexibility index (Phi) is 3.19. The van der Waals surface area contributed by atoms with E-state index in [-0.39, 0.29) is 6.42 Å². The van der Waals surface area contributed by atoms with Gasteiger partial charge in [0.2, 0.25) is 0 Å². The minimum absolute atomic E-state index is 0.114. The molecule has 5 nitrogen and oxygen atoms in total. The third-order valence-corrected chi connectivity index (χ3v) is 3.23. The van der Waals surface area contributed by atoms with Crippen molar-refractivity contribution < 1.29 is 15.1 Å². The molecule has 1 unspecified atom stereocenters. The van der Waals surface area contributed by atoms with Crippen molar-refractivity contribution >= 4 is 28.5 Å². The summed E-state index contributed by atoms with van der Waals surface area (Å²) in [5.74, 6) is -1.09. The molecule has 0 saturated carbocycles. The van der Waals surface area contributed by atoms with Crippen molar-refractivity contribution in [1.82, 2.24) is 4.73 Å². The first-order valence-corrected chi connectivity index (χ1v) is 5.76. The van der Waals surface area contributed by atoms with Gasteiger partial charge < -0.3 is 16.0 Å². The van der Waals surface area contributed by atoms with Crippen LogP contribution >= 0.6 is 11.6 Å². The number of carbonyl (C=O) groups is 1. The van der Waals surface area contributed by atoms with E-state index in [1.807, 2.05) is 6.92 Å². The number of hydrogen-bond donors (Lipinski definition) is 3. The summed E-state index contributed by atoms with van der Waals surface area (Å²) in [5.41, 5.74) is 7.56. The fourth-order valence-electron chi connectivity index (χ4n) is 2.03. The minimum Gasteiger partial charge on any atom is -0.480 e. The summed E-state index contributed by atoms with van der Waals surface area (Å²) in [6.07, 6.45) is 1.56. The van der Waals surface area contributed by atoms with Gasteiger partial charge in [-0.3, -0.25) is 4.79 Å². The Morgan fingerprint density at radius 1 is 1.56 bits per heavy atom. The number of aryl methyl sites for hydroxylation is 1. The van der Waals surface area contributed by atoms with Gasteiger partial charge in [-0.15, -0.1) is 0 Å². The number of fused-ring (bicyclic) bond motifs is 1. The Bertz CT molecular complexity index is 621. The molecule has 0 bridgehead atoms. The summed E-state index contributed by atoms with van der Waals surface area (Å²) in [5, 5.41) is 19.8. The van der Waals surface area contributed by atoms with Crippen LogP contribution < -0.4 is 5.73 Å². The molecule has 0 saturated heterocycles. The van der Waals surface area contributed by atoms with Gasteiger partial charge >= 0.3 is 5.97 Å². The van der Waals surface area contributed by atoms with Crippen molar-refractivity contribution in [3.05, 3.63) is 34.5 Å². The molecule has 0 aliphatic rings. The number of benzene rings is 1. The topological polar surface area (TPSA) is 88.5 Å². The van der Waals surface area contributed by atoms with Gasteiger partial charge in [0.1, 0.15) is 6.04 Å². The number of halogens is 1. The Balaban J connectivity index is 2.59. The van der Waals surface area contributed by atoms with Crippen LogP contribution in [0.2, 0.25) is 5.02 Å². The Morgan fingerprint density at radius 3 is 2.83 bits per heavy atom. The van der Waals surface area contributed by atoms with E-state index >= 15 is 0 Å². The first-order valence-electron chi connectivity index (χ1n) is 5.38. The zero-order valence-electron chi connectivity index (χ0n) is 9.72. The van der Waals surface area contributed by atoms with E-state index in [1.54, 1.807) is 12.1 Å². The molecule has 1 atom stereocenters. The number of aromatic nitrogens is 1. The van der Waals surface area contributed by atoms with Crippen LogP contribution in [0.5, 0.6) is 0 Å². The van der Waals surface area contributed by atoms with Crippen LogP contribution in [0.3, 0.4) is 0 Å². The van der Waals surface area contributed by atoms with E-state index in [1.165, 1.54) is 6.20 Å². The van der Waals surface area contributed by atoms with E-state index in [9.17, 15) is 10.0 Å². The highest BCUT2D eigenvalue weighted by Gasteiger charge is 2.19. The van der Waals surface area contributed by atoms with Gasteiger partial charge in [-0.05, 0) is 24.1 Å². The Hall–Kier alpha value is -1.72. The van der Waals surface area contributed by atoms with Gasteiger partial charge in [0, 0.05) is 18.0 Å². The van der Waals surface area contributed by atoms with E-state index in [4.69, 9.17) is 22.4 Å². The van der Waals surface area contributed by atoms with Crippen LogP contribution in [0, 0.1) is 6.92 Å². The van der Waals surface area contributed by atoms with Crippen LogP contribution in [-0.4, -0.2) is 27.1 Å². The van der Waals surface area contributed by atoms with Gasteiger partial charge in [0.15, 0.2) is 0 Å². The first kappa shape index (κ1) is 12.7. The number of hydrogen-bond acceptors (Lipinski definition) is 3. The van der Waals surface area contributed by atoms with Crippen molar-refractivity contribution in [1.29, 1.82) is 0 Å². The summed E-state index contributed by atoms with van der Waals surface area (Å²) >= 11 is 6.10. The lowest BCUT2D eigenvalue weighted by molar-refractivity contribution is -0.138. The number of carboxylic acids is 1. The van der Waals surface area contributed by atoms with E-state index in [2.05, 4.69) is 0 Å². The zero-order chi connectivity index (χ0) is 13.4. The molecule has 1 heterocycles. The Morgan fingerprint density at radius 2 is 2.22 bits per heavy atom. The lowest BCUT2D eigenvalue weighted by atomic mass is 10.0. The number of nitrogens with two attached hydrogens (primary N) is 1. The third kappa shape index (κ3) is 2.02. The maximum Gasteiger partial charge on any atom is 0.320 e. The molecular weight excluding hydrogens is 256 g/mol. The number of carboxylic acid groups (broad SMARTS) is 1. The smallest absolute Gasteiger partial charge is 0.320 e. The molecule has 0 aliphatic carbocycles. The highest BCUT2D eigenvalue weighted by atomic mass is 35.5. The molecule has 1 aromatic heterocycles. The second kappa shape index (κ2) is 4.51.